The molecule has 2 aromatic carbocycles. The van der Waals surface area contributed by atoms with E-state index in [0.29, 0.717) is 11.7 Å². The molecule has 1 aliphatic rings. The Labute approximate surface area is 134 Å². The number of benzene rings is 2. The largest absolute Gasteiger partial charge is 0.380 e. The van der Waals surface area contributed by atoms with Crippen LogP contribution >= 0.6 is 31.9 Å². The van der Waals surface area contributed by atoms with Crippen LogP contribution in [0.5, 0.6) is 0 Å². The number of nitrogens with one attached hydrogen (secondary N) is 1. The minimum atomic E-state index is -0.207. The second-order valence-electron chi connectivity index (χ2n) is 5.12. The molecule has 1 unspecified atom stereocenters. The summed E-state index contributed by atoms with van der Waals surface area (Å²) in [5.41, 5.74) is 3.34. The van der Waals surface area contributed by atoms with Gasteiger partial charge in [-0.15, -0.1) is 0 Å². The van der Waals surface area contributed by atoms with Crippen molar-refractivity contribution in [3.63, 3.8) is 0 Å². The van der Waals surface area contributed by atoms with Gasteiger partial charge in [-0.25, -0.2) is 4.39 Å². The van der Waals surface area contributed by atoms with Crippen LogP contribution in [0.4, 0.5) is 10.1 Å². The molecule has 104 valence electrons. The van der Waals surface area contributed by atoms with Gasteiger partial charge in [0, 0.05) is 15.0 Å². The van der Waals surface area contributed by atoms with Crippen LogP contribution in [0.15, 0.2) is 45.3 Å². The fourth-order valence-corrected chi connectivity index (χ4v) is 3.41. The first-order valence-electron chi connectivity index (χ1n) is 6.61. The van der Waals surface area contributed by atoms with Gasteiger partial charge in [0.05, 0.1) is 5.69 Å². The van der Waals surface area contributed by atoms with Crippen LogP contribution in [0, 0.1) is 5.82 Å². The Hall–Kier alpha value is -0.870. The third-order valence-electron chi connectivity index (χ3n) is 3.69. The van der Waals surface area contributed by atoms with Crippen molar-refractivity contribution >= 4 is 37.5 Å². The maximum Gasteiger partial charge on any atom is 0.147 e. The quantitative estimate of drug-likeness (QED) is 0.721. The Morgan fingerprint density at radius 1 is 1.00 bits per heavy atom. The molecule has 0 amide bonds. The molecule has 0 heterocycles. The molecule has 0 saturated carbocycles. The molecule has 2 aromatic rings. The number of fused-ring (bicyclic) bond motifs is 1. The van der Waals surface area contributed by atoms with Crippen LogP contribution < -0.4 is 5.32 Å². The standard InChI is InChI=1S/C16H14Br2FN/c17-12-3-1-11-8-14(5-2-10(11)7-12)20-16-6-4-13(18)9-15(16)19/h1,3-4,6-7,9,14,20H,2,5,8H2. The zero-order valence-corrected chi connectivity index (χ0v) is 14.0. The molecule has 0 aliphatic heterocycles. The van der Waals surface area contributed by atoms with Gasteiger partial charge in [-0.2, -0.15) is 0 Å². The summed E-state index contributed by atoms with van der Waals surface area (Å²) in [6, 6.07) is 11.9. The molecule has 0 fully saturated rings. The predicted molar refractivity (Wildman–Crippen MR) is 87.7 cm³/mol. The summed E-state index contributed by atoms with van der Waals surface area (Å²) >= 11 is 6.78. The summed E-state index contributed by atoms with van der Waals surface area (Å²) in [5.74, 6) is -0.207. The molecule has 20 heavy (non-hydrogen) atoms. The molecule has 0 saturated heterocycles. The van der Waals surface area contributed by atoms with E-state index in [4.69, 9.17) is 0 Å². The zero-order chi connectivity index (χ0) is 14.1. The van der Waals surface area contributed by atoms with Gasteiger partial charge < -0.3 is 5.32 Å². The third-order valence-corrected chi connectivity index (χ3v) is 4.67. The summed E-state index contributed by atoms with van der Waals surface area (Å²) in [6.45, 7) is 0. The first-order chi connectivity index (χ1) is 9.61. The summed E-state index contributed by atoms with van der Waals surface area (Å²) < 4.78 is 15.7. The number of rotatable bonds is 2. The lowest BCUT2D eigenvalue weighted by molar-refractivity contribution is 0.592. The van der Waals surface area contributed by atoms with E-state index in [1.165, 1.54) is 17.2 Å². The Bertz CT molecular complexity index is 642. The average Bonchev–Trinajstić information content (AvgIpc) is 2.42. The molecule has 1 atom stereocenters. The highest BCUT2D eigenvalue weighted by Crippen LogP contribution is 2.27. The highest BCUT2D eigenvalue weighted by Gasteiger charge is 2.19. The Kier molecular flexibility index (Phi) is 4.13. The van der Waals surface area contributed by atoms with Gasteiger partial charge in [0.2, 0.25) is 0 Å². The SMILES string of the molecule is Fc1cc(Br)ccc1NC1CCc2cc(Br)ccc2C1. The van der Waals surface area contributed by atoms with Gasteiger partial charge in [0.15, 0.2) is 0 Å². The van der Waals surface area contributed by atoms with Crippen molar-refractivity contribution in [2.45, 2.75) is 25.3 Å². The van der Waals surface area contributed by atoms with Gasteiger partial charge in [0.1, 0.15) is 5.82 Å². The van der Waals surface area contributed by atoms with E-state index in [1.807, 2.05) is 6.07 Å². The van der Waals surface area contributed by atoms with Crippen LogP contribution in [0.3, 0.4) is 0 Å². The van der Waals surface area contributed by atoms with Gasteiger partial charge >= 0.3 is 0 Å². The van der Waals surface area contributed by atoms with E-state index in [9.17, 15) is 4.39 Å². The molecular weight excluding hydrogens is 385 g/mol. The van der Waals surface area contributed by atoms with Crippen molar-refractivity contribution in [2.75, 3.05) is 5.32 Å². The first-order valence-corrected chi connectivity index (χ1v) is 8.19. The number of anilines is 1. The number of aryl methyl sites for hydroxylation is 1. The van der Waals surface area contributed by atoms with E-state index < -0.39 is 0 Å². The highest BCUT2D eigenvalue weighted by molar-refractivity contribution is 9.10. The average molecular weight is 399 g/mol. The number of halogens is 3. The van der Waals surface area contributed by atoms with E-state index >= 15 is 0 Å². The molecule has 3 rings (SSSR count). The molecule has 1 N–H and O–H groups in total. The number of hydrogen-bond donors (Lipinski definition) is 1. The lowest BCUT2D eigenvalue weighted by atomic mass is 9.88. The van der Waals surface area contributed by atoms with E-state index in [0.717, 1.165) is 28.2 Å². The van der Waals surface area contributed by atoms with Crippen LogP contribution in [-0.4, -0.2) is 6.04 Å². The Morgan fingerprint density at radius 3 is 2.55 bits per heavy atom. The van der Waals surface area contributed by atoms with E-state index in [1.54, 1.807) is 6.07 Å². The summed E-state index contributed by atoms with van der Waals surface area (Å²) in [5, 5.41) is 3.32. The van der Waals surface area contributed by atoms with Gasteiger partial charge in [0.25, 0.3) is 0 Å². The summed E-state index contributed by atoms with van der Waals surface area (Å²) in [4.78, 5) is 0. The van der Waals surface area contributed by atoms with E-state index in [2.05, 4.69) is 55.4 Å². The lowest BCUT2D eigenvalue weighted by Gasteiger charge is -2.26. The van der Waals surface area contributed by atoms with Crippen LogP contribution in [0.2, 0.25) is 0 Å². The Morgan fingerprint density at radius 2 is 1.75 bits per heavy atom. The smallest absolute Gasteiger partial charge is 0.147 e. The topological polar surface area (TPSA) is 12.0 Å². The summed E-state index contributed by atoms with van der Waals surface area (Å²) in [6.07, 6.45) is 3.00. The lowest BCUT2D eigenvalue weighted by Crippen LogP contribution is -2.27. The van der Waals surface area contributed by atoms with Crippen LogP contribution in [-0.2, 0) is 12.8 Å². The van der Waals surface area contributed by atoms with Crippen LogP contribution in [0.1, 0.15) is 17.5 Å². The molecule has 1 nitrogen and oxygen atoms in total. The number of hydrogen-bond acceptors (Lipinski definition) is 1. The highest BCUT2D eigenvalue weighted by atomic mass is 79.9. The second-order valence-corrected chi connectivity index (χ2v) is 6.95. The molecule has 0 bridgehead atoms. The third kappa shape index (κ3) is 3.07. The maximum atomic E-state index is 13.9. The molecule has 4 heteroatoms. The van der Waals surface area contributed by atoms with Crippen molar-refractivity contribution < 1.29 is 4.39 Å². The van der Waals surface area contributed by atoms with Gasteiger partial charge in [-0.3, -0.25) is 0 Å². The first kappa shape index (κ1) is 14.1. The van der Waals surface area contributed by atoms with Crippen LogP contribution in [0.25, 0.3) is 0 Å². The minimum Gasteiger partial charge on any atom is -0.380 e. The second kappa shape index (κ2) is 5.86. The van der Waals surface area contributed by atoms with E-state index in [-0.39, 0.29) is 5.82 Å². The monoisotopic (exact) mass is 397 g/mol. The molecule has 0 aromatic heterocycles. The zero-order valence-electron chi connectivity index (χ0n) is 10.8. The predicted octanol–water partition coefficient (Wildman–Crippen LogP) is 5.32. The maximum absolute atomic E-state index is 13.9. The van der Waals surface area contributed by atoms with Crippen molar-refractivity contribution in [3.05, 3.63) is 62.3 Å². The molecular formula is C16H14Br2FN. The Balaban J connectivity index is 1.75. The van der Waals surface area contributed by atoms with Crippen molar-refractivity contribution in [3.8, 4) is 0 Å². The minimum absolute atomic E-state index is 0.207. The molecule has 0 spiro atoms. The van der Waals surface area contributed by atoms with Crippen molar-refractivity contribution in [2.24, 2.45) is 0 Å². The molecule has 0 radical (unpaired) electrons. The summed E-state index contributed by atoms with van der Waals surface area (Å²) in [7, 11) is 0. The van der Waals surface area contributed by atoms with Gasteiger partial charge in [-0.05, 0) is 60.7 Å². The van der Waals surface area contributed by atoms with Gasteiger partial charge in [-0.1, -0.05) is 37.9 Å². The fraction of sp³-hybridized carbons (Fsp3) is 0.250. The normalized spacial score (nSPS) is 17.6. The molecule has 1 aliphatic carbocycles. The van der Waals surface area contributed by atoms with Crippen molar-refractivity contribution in [1.82, 2.24) is 0 Å². The van der Waals surface area contributed by atoms with Crippen molar-refractivity contribution in [1.29, 1.82) is 0 Å². The fourth-order valence-electron chi connectivity index (χ4n) is 2.67.